The lowest BCUT2D eigenvalue weighted by Gasteiger charge is -2.20. The van der Waals surface area contributed by atoms with Gasteiger partial charge in [-0.15, -0.1) is 0 Å². The molecule has 1 fully saturated rings. The number of hydrogen-bond acceptors (Lipinski definition) is 7. The molecule has 3 amide bonds. The summed E-state index contributed by atoms with van der Waals surface area (Å²) in [6, 6.07) is 8.58. The number of hydrogen-bond donors (Lipinski definition) is 2. The number of carbonyl (C=O) groups excluding carboxylic acids is 3. The second-order valence-corrected chi connectivity index (χ2v) is 8.12. The van der Waals surface area contributed by atoms with Crippen LogP contribution in [0.1, 0.15) is 43.1 Å². The average molecular weight is 500 g/mol. The zero-order valence-electron chi connectivity index (χ0n) is 21.3. The van der Waals surface area contributed by atoms with Crippen molar-refractivity contribution in [2.75, 3.05) is 38.4 Å². The molecule has 1 aliphatic rings. The fourth-order valence-electron chi connectivity index (χ4n) is 3.94. The van der Waals surface area contributed by atoms with Crippen LogP contribution in [0.4, 0.5) is 5.69 Å². The van der Waals surface area contributed by atoms with Crippen LogP contribution in [0.5, 0.6) is 23.0 Å². The minimum Gasteiger partial charge on any atom is -0.495 e. The van der Waals surface area contributed by atoms with E-state index in [1.54, 1.807) is 6.07 Å². The normalized spacial score (nSPS) is 14.9. The summed E-state index contributed by atoms with van der Waals surface area (Å²) in [4.78, 5) is 39.9. The van der Waals surface area contributed by atoms with Crippen LogP contribution in [-0.2, 0) is 9.59 Å². The number of nitrogens with zero attached hydrogens (tertiary/aromatic N) is 1. The highest BCUT2D eigenvalue weighted by Gasteiger charge is 2.36. The van der Waals surface area contributed by atoms with Crippen LogP contribution in [0.2, 0.25) is 0 Å². The number of carbonyl (C=O) groups is 3. The Labute approximate surface area is 210 Å². The second kappa shape index (κ2) is 12.1. The van der Waals surface area contributed by atoms with Crippen molar-refractivity contribution in [2.45, 2.75) is 34.1 Å². The molecule has 0 bridgehead atoms. The zero-order valence-corrected chi connectivity index (χ0v) is 21.3. The lowest BCUT2D eigenvalue weighted by Crippen LogP contribution is -2.45. The number of rotatable bonds is 10. The molecule has 1 unspecified atom stereocenters. The molecular formula is C26H33N3O7. The summed E-state index contributed by atoms with van der Waals surface area (Å²) in [5.74, 6) is -0.161. The lowest BCUT2D eigenvalue weighted by atomic mass is 10.1. The highest BCUT2D eigenvalue weighted by Crippen LogP contribution is 2.39. The number of methoxy groups -OCH3 is 1. The molecule has 1 aliphatic heterocycles. The summed E-state index contributed by atoms with van der Waals surface area (Å²) in [6.07, 6.45) is 0.0187. The molecule has 2 aromatic carbocycles. The summed E-state index contributed by atoms with van der Waals surface area (Å²) in [5.41, 5.74) is 6.66. The molecule has 10 heteroatoms. The van der Waals surface area contributed by atoms with Crippen molar-refractivity contribution in [2.24, 2.45) is 5.92 Å². The van der Waals surface area contributed by atoms with E-state index < -0.39 is 17.7 Å². The molecule has 10 nitrogen and oxygen atoms in total. The molecular weight excluding hydrogens is 466 g/mol. The number of aryl methyl sites for hydroxylation is 1. The minimum atomic E-state index is -0.638. The van der Waals surface area contributed by atoms with Gasteiger partial charge in [-0.2, -0.15) is 0 Å². The smallest absolute Gasteiger partial charge is 0.269 e. The van der Waals surface area contributed by atoms with Crippen molar-refractivity contribution in [1.82, 2.24) is 10.9 Å². The first-order valence-corrected chi connectivity index (χ1v) is 11.9. The van der Waals surface area contributed by atoms with Gasteiger partial charge in [-0.05, 0) is 57.5 Å². The third kappa shape index (κ3) is 5.99. The van der Waals surface area contributed by atoms with E-state index in [1.807, 2.05) is 39.8 Å². The Morgan fingerprint density at radius 1 is 0.944 bits per heavy atom. The van der Waals surface area contributed by atoms with Crippen molar-refractivity contribution in [3.05, 3.63) is 41.5 Å². The van der Waals surface area contributed by atoms with E-state index in [2.05, 4.69) is 10.9 Å². The molecule has 36 heavy (non-hydrogen) atoms. The van der Waals surface area contributed by atoms with Gasteiger partial charge in [0, 0.05) is 18.5 Å². The van der Waals surface area contributed by atoms with Gasteiger partial charge in [-0.1, -0.05) is 6.07 Å². The fourth-order valence-corrected chi connectivity index (χ4v) is 3.94. The molecule has 2 aromatic rings. The standard InChI is InChI=1S/C26H33N3O7/c1-6-34-21-12-17(13-22(35-7-2)24(21)36-8-3)25(31)27-28-26(32)18-14-23(30)29(15-18)19-11-16(4)9-10-20(19)33-5/h9-13,18H,6-8,14-15H2,1-5H3,(H,27,31)(H,28,32). The number of amides is 3. The summed E-state index contributed by atoms with van der Waals surface area (Å²) >= 11 is 0. The van der Waals surface area contributed by atoms with Crippen LogP contribution < -0.4 is 34.7 Å². The van der Waals surface area contributed by atoms with Gasteiger partial charge in [0.1, 0.15) is 5.75 Å². The summed E-state index contributed by atoms with van der Waals surface area (Å²) in [5, 5.41) is 0. The third-order valence-electron chi connectivity index (χ3n) is 5.59. The van der Waals surface area contributed by atoms with Gasteiger partial charge < -0.3 is 23.8 Å². The molecule has 194 valence electrons. The quantitative estimate of drug-likeness (QED) is 0.483. The molecule has 1 saturated heterocycles. The lowest BCUT2D eigenvalue weighted by molar-refractivity contribution is -0.126. The van der Waals surface area contributed by atoms with Crippen LogP contribution in [0.15, 0.2) is 30.3 Å². The zero-order chi connectivity index (χ0) is 26.2. The Balaban J connectivity index is 1.70. The van der Waals surface area contributed by atoms with Crippen LogP contribution in [0.3, 0.4) is 0 Å². The van der Waals surface area contributed by atoms with Crippen molar-refractivity contribution < 1.29 is 33.3 Å². The van der Waals surface area contributed by atoms with E-state index in [9.17, 15) is 14.4 Å². The van der Waals surface area contributed by atoms with Crippen molar-refractivity contribution in [1.29, 1.82) is 0 Å². The van der Waals surface area contributed by atoms with Crippen LogP contribution in [0, 0.1) is 12.8 Å². The first-order chi connectivity index (χ1) is 17.3. The summed E-state index contributed by atoms with van der Waals surface area (Å²) in [7, 11) is 1.53. The Kier molecular flexibility index (Phi) is 8.99. The summed E-state index contributed by atoms with van der Waals surface area (Å²) < 4.78 is 22.3. The number of ether oxygens (including phenoxy) is 4. The highest BCUT2D eigenvalue weighted by atomic mass is 16.5. The molecule has 1 heterocycles. The van der Waals surface area contributed by atoms with Crippen molar-refractivity contribution in [3.63, 3.8) is 0 Å². The predicted molar refractivity (Wildman–Crippen MR) is 134 cm³/mol. The van der Waals surface area contributed by atoms with Crippen LogP contribution in [0.25, 0.3) is 0 Å². The largest absolute Gasteiger partial charge is 0.495 e. The number of benzene rings is 2. The van der Waals surface area contributed by atoms with E-state index in [0.717, 1.165) is 5.56 Å². The fraction of sp³-hybridized carbons (Fsp3) is 0.423. The van der Waals surface area contributed by atoms with Gasteiger partial charge in [-0.3, -0.25) is 25.2 Å². The van der Waals surface area contributed by atoms with E-state index >= 15 is 0 Å². The Hall–Kier alpha value is -3.95. The minimum absolute atomic E-state index is 0.0187. The van der Waals surface area contributed by atoms with Gasteiger partial charge in [0.05, 0.1) is 38.5 Å². The highest BCUT2D eigenvalue weighted by molar-refractivity contribution is 6.02. The summed E-state index contributed by atoms with van der Waals surface area (Å²) in [6.45, 7) is 8.70. The number of hydrazine groups is 1. The Morgan fingerprint density at radius 3 is 2.17 bits per heavy atom. The number of nitrogens with one attached hydrogen (secondary N) is 2. The molecule has 0 saturated carbocycles. The average Bonchev–Trinajstić information content (AvgIpc) is 3.25. The molecule has 1 atom stereocenters. The van der Waals surface area contributed by atoms with Gasteiger partial charge in [0.25, 0.3) is 5.91 Å². The van der Waals surface area contributed by atoms with E-state index in [4.69, 9.17) is 18.9 Å². The van der Waals surface area contributed by atoms with Crippen LogP contribution >= 0.6 is 0 Å². The Morgan fingerprint density at radius 2 is 1.58 bits per heavy atom. The van der Waals surface area contributed by atoms with E-state index in [-0.39, 0.29) is 24.4 Å². The van der Waals surface area contributed by atoms with Crippen molar-refractivity contribution >= 4 is 23.4 Å². The van der Waals surface area contributed by atoms with E-state index in [0.29, 0.717) is 48.5 Å². The molecule has 0 aliphatic carbocycles. The third-order valence-corrected chi connectivity index (χ3v) is 5.59. The van der Waals surface area contributed by atoms with Gasteiger partial charge in [0.2, 0.25) is 17.6 Å². The topological polar surface area (TPSA) is 115 Å². The maximum atomic E-state index is 12.8. The molecule has 0 spiro atoms. The van der Waals surface area contributed by atoms with Gasteiger partial charge in [-0.25, -0.2) is 0 Å². The molecule has 0 aromatic heterocycles. The SMILES string of the molecule is CCOc1cc(C(=O)NNC(=O)C2CC(=O)N(c3cc(C)ccc3OC)C2)cc(OCC)c1OCC. The predicted octanol–water partition coefficient (Wildman–Crippen LogP) is 3.01. The maximum absolute atomic E-state index is 12.8. The second-order valence-electron chi connectivity index (χ2n) is 8.12. The van der Waals surface area contributed by atoms with E-state index in [1.165, 1.54) is 24.1 Å². The molecule has 0 radical (unpaired) electrons. The maximum Gasteiger partial charge on any atom is 0.269 e. The first kappa shape index (κ1) is 26.7. The first-order valence-electron chi connectivity index (χ1n) is 11.9. The monoisotopic (exact) mass is 499 g/mol. The Bertz CT molecular complexity index is 1090. The number of anilines is 1. The molecule has 2 N–H and O–H groups in total. The van der Waals surface area contributed by atoms with Crippen LogP contribution in [-0.4, -0.2) is 51.2 Å². The van der Waals surface area contributed by atoms with Crippen molar-refractivity contribution in [3.8, 4) is 23.0 Å². The molecule has 3 rings (SSSR count). The van der Waals surface area contributed by atoms with Gasteiger partial charge in [0.15, 0.2) is 11.5 Å². The van der Waals surface area contributed by atoms with Gasteiger partial charge >= 0.3 is 0 Å².